The van der Waals surface area contributed by atoms with E-state index in [1.165, 1.54) is 6.07 Å². The number of hydrogen-bond donors (Lipinski definition) is 3. The minimum Gasteiger partial charge on any atom is -0.394 e. The summed E-state index contributed by atoms with van der Waals surface area (Å²) in [6, 6.07) is 12.8. The molecule has 25 heavy (non-hydrogen) atoms. The largest absolute Gasteiger partial charge is 0.394 e. The van der Waals surface area contributed by atoms with Crippen molar-refractivity contribution in [3.8, 4) is 0 Å². The molecule has 0 spiro atoms. The van der Waals surface area contributed by atoms with E-state index < -0.39 is 17.9 Å². The molecule has 0 bridgehead atoms. The van der Waals surface area contributed by atoms with Crippen molar-refractivity contribution < 1.29 is 14.3 Å². The van der Waals surface area contributed by atoms with Gasteiger partial charge in [0, 0.05) is 18.8 Å². The fraction of sp³-hybridized carbons (Fsp3) is 0.316. The third-order valence-corrected chi connectivity index (χ3v) is 4.05. The Morgan fingerprint density at radius 3 is 2.44 bits per heavy atom. The Morgan fingerprint density at radius 1 is 1.20 bits per heavy atom. The van der Waals surface area contributed by atoms with Crippen LogP contribution in [0.25, 0.3) is 0 Å². The smallest absolute Gasteiger partial charge is 0.319 e. The summed E-state index contributed by atoms with van der Waals surface area (Å²) < 4.78 is 14.3. The van der Waals surface area contributed by atoms with Gasteiger partial charge < -0.3 is 20.6 Å². The van der Waals surface area contributed by atoms with Gasteiger partial charge in [-0.2, -0.15) is 0 Å². The van der Waals surface area contributed by atoms with Gasteiger partial charge in [-0.1, -0.05) is 30.3 Å². The molecule has 2 aromatic rings. The van der Waals surface area contributed by atoms with Gasteiger partial charge in [0.1, 0.15) is 5.82 Å². The summed E-state index contributed by atoms with van der Waals surface area (Å²) in [6.45, 7) is 3.71. The molecule has 134 valence electrons. The maximum atomic E-state index is 14.3. The lowest BCUT2D eigenvalue weighted by Gasteiger charge is -2.24. The third kappa shape index (κ3) is 4.93. The van der Waals surface area contributed by atoms with Gasteiger partial charge in [-0.25, -0.2) is 9.18 Å². The average Bonchev–Trinajstić information content (AvgIpc) is 2.60. The number of aliphatic hydroxyl groups is 1. The summed E-state index contributed by atoms with van der Waals surface area (Å²) in [5, 5.41) is 14.7. The van der Waals surface area contributed by atoms with Crippen LogP contribution >= 0.6 is 0 Å². The number of hydrogen-bond acceptors (Lipinski definition) is 3. The zero-order valence-corrected chi connectivity index (χ0v) is 14.7. The van der Waals surface area contributed by atoms with Crippen molar-refractivity contribution in [3.63, 3.8) is 0 Å². The van der Waals surface area contributed by atoms with E-state index in [0.29, 0.717) is 11.4 Å². The normalized spacial score (nSPS) is 11.9. The Balaban J connectivity index is 2.04. The first kappa shape index (κ1) is 18.7. The van der Waals surface area contributed by atoms with Crippen LogP contribution in [0.5, 0.6) is 0 Å². The highest BCUT2D eigenvalue weighted by atomic mass is 19.1. The van der Waals surface area contributed by atoms with Crippen molar-refractivity contribution in [2.75, 3.05) is 23.9 Å². The van der Waals surface area contributed by atoms with Crippen molar-refractivity contribution in [1.82, 2.24) is 5.32 Å². The second-order valence-electron chi connectivity index (χ2n) is 6.12. The van der Waals surface area contributed by atoms with Crippen LogP contribution in [0.1, 0.15) is 25.5 Å². The predicted molar refractivity (Wildman–Crippen MR) is 98.4 cm³/mol. The van der Waals surface area contributed by atoms with E-state index in [4.69, 9.17) is 0 Å². The molecular formula is C19H24FN3O2. The number of benzene rings is 2. The lowest BCUT2D eigenvalue weighted by atomic mass is 10.1. The van der Waals surface area contributed by atoms with Crippen molar-refractivity contribution >= 4 is 17.4 Å². The van der Waals surface area contributed by atoms with Crippen molar-refractivity contribution in [3.05, 3.63) is 59.9 Å². The molecule has 2 rings (SSSR count). The van der Waals surface area contributed by atoms with E-state index in [0.717, 1.165) is 5.56 Å². The number of nitrogens with one attached hydrogen (secondary N) is 2. The molecular weight excluding hydrogens is 321 g/mol. The number of aliphatic hydroxyl groups excluding tert-OH is 1. The second-order valence-corrected chi connectivity index (χ2v) is 6.12. The highest BCUT2D eigenvalue weighted by Crippen LogP contribution is 2.23. The van der Waals surface area contributed by atoms with Crippen LogP contribution in [0, 0.1) is 5.82 Å². The molecule has 5 nitrogen and oxygen atoms in total. The minimum atomic E-state index is -0.530. The van der Waals surface area contributed by atoms with Gasteiger partial charge in [0.05, 0.1) is 18.3 Å². The maximum absolute atomic E-state index is 14.3. The van der Waals surface area contributed by atoms with Crippen LogP contribution < -0.4 is 15.5 Å². The Morgan fingerprint density at radius 2 is 1.88 bits per heavy atom. The summed E-state index contributed by atoms with van der Waals surface area (Å²) in [7, 11) is 1.81. The molecule has 0 saturated carbocycles. The summed E-state index contributed by atoms with van der Waals surface area (Å²) in [6.07, 6.45) is 0. The highest BCUT2D eigenvalue weighted by molar-refractivity contribution is 5.89. The zero-order chi connectivity index (χ0) is 18.4. The first-order valence-corrected chi connectivity index (χ1v) is 8.18. The Labute approximate surface area is 147 Å². The number of urea groups is 1. The average molecular weight is 345 g/mol. The molecule has 2 amide bonds. The molecule has 2 aromatic carbocycles. The molecule has 1 atom stereocenters. The number of carbonyl (C=O) groups is 1. The zero-order valence-electron chi connectivity index (χ0n) is 14.7. The standard InChI is InChI=1S/C19H24FN3O2/c1-13(2)23(3)18-10-9-15(11-16(18)20)21-19(25)22-17(12-24)14-7-5-4-6-8-14/h4-11,13,17,24H,12H2,1-3H3,(H2,21,22,25). The van der Waals surface area contributed by atoms with Crippen molar-refractivity contribution in [2.45, 2.75) is 25.9 Å². The molecule has 6 heteroatoms. The molecule has 0 aliphatic rings. The van der Waals surface area contributed by atoms with Gasteiger partial charge >= 0.3 is 6.03 Å². The fourth-order valence-corrected chi connectivity index (χ4v) is 2.39. The van der Waals surface area contributed by atoms with E-state index in [9.17, 15) is 14.3 Å². The van der Waals surface area contributed by atoms with Gasteiger partial charge in [0.25, 0.3) is 0 Å². The van der Waals surface area contributed by atoms with Gasteiger partial charge in [-0.15, -0.1) is 0 Å². The number of rotatable bonds is 6. The van der Waals surface area contributed by atoms with Crippen LogP contribution in [0.15, 0.2) is 48.5 Å². The third-order valence-electron chi connectivity index (χ3n) is 4.05. The van der Waals surface area contributed by atoms with Crippen molar-refractivity contribution in [2.24, 2.45) is 0 Å². The molecule has 3 N–H and O–H groups in total. The topological polar surface area (TPSA) is 64.6 Å². The second kappa shape index (κ2) is 8.48. The van der Waals surface area contributed by atoms with Crippen LogP contribution in [-0.2, 0) is 0 Å². The summed E-state index contributed by atoms with van der Waals surface area (Å²) in [5.41, 5.74) is 1.61. The Kier molecular flexibility index (Phi) is 6.36. The van der Waals surface area contributed by atoms with E-state index in [2.05, 4.69) is 10.6 Å². The summed E-state index contributed by atoms with van der Waals surface area (Å²) in [5.74, 6) is -0.407. The van der Waals surface area contributed by atoms with E-state index >= 15 is 0 Å². The molecule has 0 fully saturated rings. The molecule has 0 aliphatic heterocycles. The van der Waals surface area contributed by atoms with Gasteiger partial charge in [0.15, 0.2) is 0 Å². The quantitative estimate of drug-likeness (QED) is 0.750. The molecule has 0 radical (unpaired) electrons. The predicted octanol–water partition coefficient (Wildman–Crippen LogP) is 3.53. The molecule has 0 heterocycles. The van der Waals surface area contributed by atoms with E-state index in [1.54, 1.807) is 12.1 Å². The molecule has 1 unspecified atom stereocenters. The van der Waals surface area contributed by atoms with Crippen LogP contribution in [0.2, 0.25) is 0 Å². The lowest BCUT2D eigenvalue weighted by molar-refractivity contribution is 0.225. The van der Waals surface area contributed by atoms with E-state index in [1.807, 2.05) is 56.1 Å². The highest BCUT2D eigenvalue weighted by Gasteiger charge is 2.15. The first-order chi connectivity index (χ1) is 11.9. The SMILES string of the molecule is CC(C)N(C)c1ccc(NC(=O)NC(CO)c2ccccc2)cc1F. The van der Waals surface area contributed by atoms with Crippen molar-refractivity contribution in [1.29, 1.82) is 0 Å². The van der Waals surface area contributed by atoms with E-state index in [-0.39, 0.29) is 12.6 Å². The summed E-state index contributed by atoms with van der Waals surface area (Å²) in [4.78, 5) is 13.9. The number of carbonyl (C=O) groups excluding carboxylic acids is 1. The number of halogens is 1. The minimum absolute atomic E-state index is 0.160. The number of anilines is 2. The number of nitrogens with zero attached hydrogens (tertiary/aromatic N) is 1. The fourth-order valence-electron chi connectivity index (χ4n) is 2.39. The molecule has 0 saturated heterocycles. The Bertz CT molecular complexity index is 707. The number of amides is 2. The van der Waals surface area contributed by atoms with Crippen LogP contribution in [0.4, 0.5) is 20.6 Å². The maximum Gasteiger partial charge on any atom is 0.319 e. The first-order valence-electron chi connectivity index (χ1n) is 8.18. The van der Waals surface area contributed by atoms with Crippen LogP contribution in [0.3, 0.4) is 0 Å². The van der Waals surface area contributed by atoms with Gasteiger partial charge in [-0.3, -0.25) is 0 Å². The Hall–Kier alpha value is -2.60. The molecule has 0 aromatic heterocycles. The monoisotopic (exact) mass is 345 g/mol. The molecule has 0 aliphatic carbocycles. The van der Waals surface area contributed by atoms with Gasteiger partial charge in [0.2, 0.25) is 0 Å². The van der Waals surface area contributed by atoms with Crippen LogP contribution in [-0.4, -0.2) is 30.8 Å². The van der Waals surface area contributed by atoms with Gasteiger partial charge in [-0.05, 0) is 37.6 Å². The lowest BCUT2D eigenvalue weighted by Crippen LogP contribution is -2.34. The summed E-state index contributed by atoms with van der Waals surface area (Å²) >= 11 is 0.